The Bertz CT molecular complexity index is 414. The van der Waals surface area contributed by atoms with Gasteiger partial charge >= 0.3 is 0 Å². The molecule has 0 spiro atoms. The van der Waals surface area contributed by atoms with Crippen LogP contribution in [0.1, 0.15) is 25.0 Å². The first-order chi connectivity index (χ1) is 7.61. The second-order valence-electron chi connectivity index (χ2n) is 4.33. The van der Waals surface area contributed by atoms with Gasteiger partial charge < -0.3 is 4.74 Å². The molecule has 2 rings (SSSR count). The van der Waals surface area contributed by atoms with Crippen LogP contribution in [0.4, 0.5) is 0 Å². The molecule has 0 N–H and O–H groups in total. The highest BCUT2D eigenvalue weighted by atomic mass is 16.5. The summed E-state index contributed by atoms with van der Waals surface area (Å²) in [6, 6.07) is 6.11. The minimum absolute atomic E-state index is 0.00149. The van der Waals surface area contributed by atoms with Crippen LogP contribution < -0.4 is 4.74 Å². The van der Waals surface area contributed by atoms with Crippen molar-refractivity contribution in [1.82, 2.24) is 4.90 Å². The lowest BCUT2D eigenvalue weighted by molar-refractivity contribution is -0.121. The number of carbonyl (C=O) groups excluding carboxylic acids is 1. The summed E-state index contributed by atoms with van der Waals surface area (Å²) in [5.74, 6) is 1.11. The second-order valence-corrected chi connectivity index (χ2v) is 4.33. The summed E-state index contributed by atoms with van der Waals surface area (Å²) in [5, 5.41) is 0. The molecule has 0 radical (unpaired) electrons. The van der Waals surface area contributed by atoms with Crippen molar-refractivity contribution < 1.29 is 9.53 Å². The third-order valence-corrected chi connectivity index (χ3v) is 3.30. The molecule has 1 aromatic rings. The first-order valence-electron chi connectivity index (χ1n) is 5.52. The van der Waals surface area contributed by atoms with Gasteiger partial charge in [-0.05, 0) is 37.1 Å². The van der Waals surface area contributed by atoms with E-state index in [9.17, 15) is 4.79 Å². The quantitative estimate of drug-likeness (QED) is 0.778. The Morgan fingerprint density at radius 1 is 1.38 bits per heavy atom. The predicted octanol–water partition coefficient (Wildman–Crippen LogP) is 1.99. The SMILES string of the molecule is COc1ccc2c(c1)CN(C(C)C(C)=O)C2. The van der Waals surface area contributed by atoms with Crippen molar-refractivity contribution in [1.29, 1.82) is 0 Å². The average molecular weight is 219 g/mol. The average Bonchev–Trinajstić information content (AvgIpc) is 2.69. The minimum atomic E-state index is -0.00149. The fourth-order valence-corrected chi connectivity index (χ4v) is 2.06. The number of hydrogen-bond acceptors (Lipinski definition) is 3. The number of rotatable bonds is 3. The van der Waals surface area contributed by atoms with Gasteiger partial charge in [0.25, 0.3) is 0 Å². The van der Waals surface area contributed by atoms with Crippen LogP contribution in [0, 0.1) is 0 Å². The molecule has 86 valence electrons. The molecule has 0 saturated heterocycles. The maximum Gasteiger partial charge on any atom is 0.146 e. The van der Waals surface area contributed by atoms with E-state index in [0.29, 0.717) is 0 Å². The predicted molar refractivity (Wildman–Crippen MR) is 62.4 cm³/mol. The Kier molecular flexibility index (Phi) is 2.97. The van der Waals surface area contributed by atoms with Gasteiger partial charge in [0.05, 0.1) is 13.2 Å². The number of ketones is 1. The Balaban J connectivity index is 2.17. The zero-order valence-electron chi connectivity index (χ0n) is 9.99. The highest BCUT2D eigenvalue weighted by Crippen LogP contribution is 2.27. The molecular weight excluding hydrogens is 202 g/mol. The Labute approximate surface area is 96.0 Å². The smallest absolute Gasteiger partial charge is 0.146 e. The molecule has 0 fully saturated rings. The van der Waals surface area contributed by atoms with Crippen molar-refractivity contribution in [3.05, 3.63) is 29.3 Å². The fraction of sp³-hybridized carbons (Fsp3) is 0.462. The van der Waals surface area contributed by atoms with E-state index in [1.165, 1.54) is 11.1 Å². The molecule has 16 heavy (non-hydrogen) atoms. The Morgan fingerprint density at radius 2 is 2.06 bits per heavy atom. The van der Waals surface area contributed by atoms with Gasteiger partial charge in [0.1, 0.15) is 11.5 Å². The summed E-state index contributed by atoms with van der Waals surface area (Å²) in [7, 11) is 1.67. The molecule has 1 aromatic carbocycles. The van der Waals surface area contributed by atoms with Gasteiger partial charge in [-0.3, -0.25) is 9.69 Å². The molecule has 3 heteroatoms. The maximum atomic E-state index is 11.3. The summed E-state index contributed by atoms with van der Waals surface area (Å²) < 4.78 is 5.20. The first-order valence-corrected chi connectivity index (χ1v) is 5.52. The number of carbonyl (C=O) groups is 1. The fourth-order valence-electron chi connectivity index (χ4n) is 2.06. The lowest BCUT2D eigenvalue weighted by Crippen LogP contribution is -2.33. The van der Waals surface area contributed by atoms with E-state index in [-0.39, 0.29) is 11.8 Å². The molecule has 1 aliphatic heterocycles. The summed E-state index contributed by atoms with van der Waals surface area (Å²) >= 11 is 0. The van der Waals surface area contributed by atoms with E-state index in [1.54, 1.807) is 14.0 Å². The molecule has 1 atom stereocenters. The highest BCUT2D eigenvalue weighted by molar-refractivity contribution is 5.81. The van der Waals surface area contributed by atoms with Crippen molar-refractivity contribution in [2.75, 3.05) is 7.11 Å². The standard InChI is InChI=1S/C13H17NO2/c1-9(10(2)15)14-7-11-4-5-13(16-3)6-12(11)8-14/h4-6,9H,7-8H2,1-3H3. The van der Waals surface area contributed by atoms with E-state index < -0.39 is 0 Å². The highest BCUT2D eigenvalue weighted by Gasteiger charge is 2.25. The number of methoxy groups -OCH3 is 1. The second kappa shape index (κ2) is 4.26. The topological polar surface area (TPSA) is 29.5 Å². The van der Waals surface area contributed by atoms with E-state index in [1.807, 2.05) is 13.0 Å². The third-order valence-electron chi connectivity index (χ3n) is 3.30. The number of hydrogen-bond donors (Lipinski definition) is 0. The van der Waals surface area contributed by atoms with Crippen molar-refractivity contribution >= 4 is 5.78 Å². The van der Waals surface area contributed by atoms with Crippen molar-refractivity contribution in [3.63, 3.8) is 0 Å². The summed E-state index contributed by atoms with van der Waals surface area (Å²) in [4.78, 5) is 13.5. The molecule has 0 aromatic heterocycles. The van der Waals surface area contributed by atoms with Gasteiger partial charge in [0.2, 0.25) is 0 Å². The van der Waals surface area contributed by atoms with Crippen molar-refractivity contribution in [2.24, 2.45) is 0 Å². The van der Waals surface area contributed by atoms with Gasteiger partial charge in [-0.25, -0.2) is 0 Å². The van der Waals surface area contributed by atoms with E-state index in [2.05, 4.69) is 17.0 Å². The molecular formula is C13H17NO2. The number of Topliss-reactive ketones (excluding diaryl/α,β-unsaturated/α-hetero) is 1. The minimum Gasteiger partial charge on any atom is -0.497 e. The first kappa shape index (κ1) is 11.1. The van der Waals surface area contributed by atoms with Crippen LogP contribution in [-0.2, 0) is 17.9 Å². The zero-order chi connectivity index (χ0) is 11.7. The maximum absolute atomic E-state index is 11.3. The van der Waals surface area contributed by atoms with Gasteiger partial charge in [-0.1, -0.05) is 6.07 Å². The van der Waals surface area contributed by atoms with Crippen molar-refractivity contribution in [2.45, 2.75) is 33.0 Å². The normalized spacial score (nSPS) is 16.9. The summed E-state index contributed by atoms with van der Waals surface area (Å²) in [6.45, 7) is 5.31. The molecule has 0 bridgehead atoms. The molecule has 0 saturated carbocycles. The number of fused-ring (bicyclic) bond motifs is 1. The monoisotopic (exact) mass is 219 g/mol. The van der Waals surface area contributed by atoms with Crippen LogP contribution in [0.15, 0.2) is 18.2 Å². The van der Waals surface area contributed by atoms with Gasteiger partial charge in [0.15, 0.2) is 0 Å². The lowest BCUT2D eigenvalue weighted by Gasteiger charge is -2.20. The number of benzene rings is 1. The van der Waals surface area contributed by atoms with Crippen LogP contribution in [0.5, 0.6) is 5.75 Å². The molecule has 0 aliphatic carbocycles. The molecule has 1 heterocycles. The van der Waals surface area contributed by atoms with E-state index >= 15 is 0 Å². The molecule has 1 aliphatic rings. The van der Waals surface area contributed by atoms with Crippen LogP contribution in [0.2, 0.25) is 0 Å². The van der Waals surface area contributed by atoms with Crippen LogP contribution in [-0.4, -0.2) is 23.8 Å². The number of nitrogens with zero attached hydrogens (tertiary/aromatic N) is 1. The van der Waals surface area contributed by atoms with E-state index in [4.69, 9.17) is 4.74 Å². The summed E-state index contributed by atoms with van der Waals surface area (Å²) in [5.41, 5.74) is 2.57. The lowest BCUT2D eigenvalue weighted by atomic mass is 10.1. The number of ether oxygens (including phenoxy) is 1. The summed E-state index contributed by atoms with van der Waals surface area (Å²) in [6.07, 6.45) is 0. The van der Waals surface area contributed by atoms with Gasteiger partial charge in [0, 0.05) is 13.1 Å². The van der Waals surface area contributed by atoms with Gasteiger partial charge in [-0.2, -0.15) is 0 Å². The van der Waals surface area contributed by atoms with Gasteiger partial charge in [-0.15, -0.1) is 0 Å². The van der Waals surface area contributed by atoms with E-state index in [0.717, 1.165) is 18.8 Å². The van der Waals surface area contributed by atoms with Crippen molar-refractivity contribution in [3.8, 4) is 5.75 Å². The third kappa shape index (κ3) is 1.95. The molecule has 3 nitrogen and oxygen atoms in total. The molecule has 1 unspecified atom stereocenters. The van der Waals surface area contributed by atoms with Crippen LogP contribution in [0.3, 0.4) is 0 Å². The Hall–Kier alpha value is -1.35. The van der Waals surface area contributed by atoms with Crippen LogP contribution in [0.25, 0.3) is 0 Å². The Morgan fingerprint density at radius 3 is 2.69 bits per heavy atom. The molecule has 0 amide bonds. The largest absolute Gasteiger partial charge is 0.497 e. The van der Waals surface area contributed by atoms with Crippen LogP contribution >= 0.6 is 0 Å². The zero-order valence-corrected chi connectivity index (χ0v) is 9.99.